The monoisotopic (exact) mass is 421 g/mol. The summed E-state index contributed by atoms with van der Waals surface area (Å²) in [5.41, 5.74) is 2.85. The van der Waals surface area contributed by atoms with E-state index in [9.17, 15) is 4.79 Å². The number of anilines is 1. The summed E-state index contributed by atoms with van der Waals surface area (Å²) in [5.74, 6) is 2.09. The van der Waals surface area contributed by atoms with Gasteiger partial charge in [-0.2, -0.15) is 4.98 Å². The summed E-state index contributed by atoms with van der Waals surface area (Å²) in [4.78, 5) is 19.1. The topological polar surface area (TPSA) is 77.7 Å². The summed E-state index contributed by atoms with van der Waals surface area (Å²) in [6.45, 7) is 6.97. The van der Waals surface area contributed by atoms with Crippen LogP contribution in [0.4, 0.5) is 5.69 Å². The fourth-order valence-electron chi connectivity index (χ4n) is 3.75. The van der Waals surface area contributed by atoms with Crippen LogP contribution < -0.4 is 14.4 Å². The van der Waals surface area contributed by atoms with E-state index in [0.717, 1.165) is 5.56 Å². The molecule has 3 aromatic rings. The molecule has 7 nitrogen and oxygen atoms in total. The van der Waals surface area contributed by atoms with Crippen molar-refractivity contribution in [2.75, 3.05) is 25.7 Å². The maximum atomic E-state index is 12.8. The zero-order valence-corrected chi connectivity index (χ0v) is 18.5. The van der Waals surface area contributed by atoms with Crippen molar-refractivity contribution in [2.45, 2.75) is 38.5 Å². The Morgan fingerprint density at radius 1 is 1.06 bits per heavy atom. The van der Waals surface area contributed by atoms with E-state index in [2.05, 4.69) is 43.0 Å². The van der Waals surface area contributed by atoms with Crippen molar-refractivity contribution < 1.29 is 18.8 Å². The van der Waals surface area contributed by atoms with Crippen LogP contribution in [-0.4, -0.2) is 36.8 Å². The van der Waals surface area contributed by atoms with Gasteiger partial charge < -0.3 is 18.9 Å². The first-order valence-electron chi connectivity index (χ1n) is 10.3. The summed E-state index contributed by atoms with van der Waals surface area (Å²) in [7, 11) is 3.18. The lowest BCUT2D eigenvalue weighted by Crippen LogP contribution is -2.25. The van der Waals surface area contributed by atoms with Gasteiger partial charge in [-0.3, -0.25) is 4.79 Å². The Morgan fingerprint density at radius 2 is 1.81 bits per heavy atom. The number of hydrogen-bond acceptors (Lipinski definition) is 6. The summed E-state index contributed by atoms with van der Waals surface area (Å²) < 4.78 is 16.3. The van der Waals surface area contributed by atoms with E-state index in [4.69, 9.17) is 14.0 Å². The predicted molar refractivity (Wildman–Crippen MR) is 118 cm³/mol. The van der Waals surface area contributed by atoms with Gasteiger partial charge in [0.2, 0.25) is 5.91 Å². The lowest BCUT2D eigenvalue weighted by atomic mass is 9.87. The van der Waals surface area contributed by atoms with Crippen molar-refractivity contribution in [1.82, 2.24) is 10.1 Å². The van der Waals surface area contributed by atoms with E-state index in [-0.39, 0.29) is 17.2 Å². The van der Waals surface area contributed by atoms with Crippen LogP contribution in [-0.2, 0) is 10.2 Å². The smallest absolute Gasteiger partial charge is 0.257 e. The molecule has 1 saturated heterocycles. The first-order chi connectivity index (χ1) is 14.8. The average molecular weight is 421 g/mol. The lowest BCUT2D eigenvalue weighted by molar-refractivity contribution is -0.117. The van der Waals surface area contributed by atoms with Crippen LogP contribution in [0.5, 0.6) is 11.5 Å². The zero-order valence-electron chi connectivity index (χ0n) is 18.5. The predicted octanol–water partition coefficient (Wildman–Crippen LogP) is 4.57. The van der Waals surface area contributed by atoms with Crippen molar-refractivity contribution >= 4 is 11.6 Å². The minimum absolute atomic E-state index is 0.0163. The Balaban J connectivity index is 1.55. The first-order valence-corrected chi connectivity index (χ1v) is 10.3. The van der Waals surface area contributed by atoms with Crippen molar-refractivity contribution in [3.05, 3.63) is 53.9 Å². The highest BCUT2D eigenvalue weighted by Gasteiger charge is 2.36. The van der Waals surface area contributed by atoms with Gasteiger partial charge in [0.15, 0.2) is 5.82 Å². The second-order valence-corrected chi connectivity index (χ2v) is 8.73. The highest BCUT2D eigenvalue weighted by Crippen LogP contribution is 2.38. The third kappa shape index (κ3) is 4.13. The van der Waals surface area contributed by atoms with Crippen LogP contribution in [0.2, 0.25) is 0 Å². The van der Waals surface area contributed by atoms with Gasteiger partial charge in [-0.25, -0.2) is 0 Å². The van der Waals surface area contributed by atoms with Gasteiger partial charge in [0.05, 0.1) is 19.9 Å². The van der Waals surface area contributed by atoms with Gasteiger partial charge in [0, 0.05) is 30.5 Å². The summed E-state index contributed by atoms with van der Waals surface area (Å²) in [6.07, 6.45) is 0.308. The fraction of sp³-hybridized carbons (Fsp3) is 0.375. The van der Waals surface area contributed by atoms with E-state index in [0.29, 0.717) is 41.9 Å². The molecule has 1 unspecified atom stereocenters. The third-order valence-corrected chi connectivity index (χ3v) is 5.61. The number of carbonyl (C=O) groups is 1. The SMILES string of the molecule is COc1ccc(OC)c(N2CC(c3noc(-c4ccc(C(C)(C)C)cc4)n3)CC2=O)c1. The van der Waals surface area contributed by atoms with Gasteiger partial charge in [0.25, 0.3) is 5.89 Å². The van der Waals surface area contributed by atoms with Crippen LogP contribution in [0.15, 0.2) is 47.0 Å². The van der Waals surface area contributed by atoms with Crippen molar-refractivity contribution in [1.29, 1.82) is 0 Å². The molecule has 4 rings (SSSR count). The second-order valence-electron chi connectivity index (χ2n) is 8.73. The molecule has 0 aliphatic carbocycles. The zero-order chi connectivity index (χ0) is 22.2. The summed E-state index contributed by atoms with van der Waals surface area (Å²) >= 11 is 0. The molecule has 2 heterocycles. The van der Waals surface area contributed by atoms with E-state index in [1.807, 2.05) is 12.1 Å². The molecule has 1 aliphatic rings. The first kappa shape index (κ1) is 20.9. The molecular formula is C24H27N3O4. The molecule has 2 aromatic carbocycles. The van der Waals surface area contributed by atoms with Gasteiger partial charge in [-0.05, 0) is 35.2 Å². The average Bonchev–Trinajstić information content (AvgIpc) is 3.39. The molecule has 1 amide bonds. The fourth-order valence-corrected chi connectivity index (χ4v) is 3.75. The molecule has 0 spiro atoms. The van der Waals surface area contributed by atoms with E-state index >= 15 is 0 Å². The summed E-state index contributed by atoms with van der Waals surface area (Å²) in [5, 5.41) is 4.16. The third-order valence-electron chi connectivity index (χ3n) is 5.61. The highest BCUT2D eigenvalue weighted by atomic mass is 16.5. The van der Waals surface area contributed by atoms with Gasteiger partial charge in [-0.1, -0.05) is 38.1 Å². The van der Waals surface area contributed by atoms with Crippen LogP contribution in [0.25, 0.3) is 11.5 Å². The molecule has 1 fully saturated rings. The van der Waals surface area contributed by atoms with Crippen molar-refractivity contribution in [2.24, 2.45) is 0 Å². The molecule has 0 bridgehead atoms. The molecule has 31 heavy (non-hydrogen) atoms. The summed E-state index contributed by atoms with van der Waals surface area (Å²) in [6, 6.07) is 13.5. The van der Waals surface area contributed by atoms with E-state index in [1.54, 1.807) is 37.3 Å². The van der Waals surface area contributed by atoms with E-state index in [1.165, 1.54) is 5.56 Å². The van der Waals surface area contributed by atoms with Gasteiger partial charge in [-0.15, -0.1) is 0 Å². The van der Waals surface area contributed by atoms with Gasteiger partial charge >= 0.3 is 0 Å². The molecule has 1 aliphatic heterocycles. The number of carbonyl (C=O) groups excluding carboxylic acids is 1. The Hall–Kier alpha value is -3.35. The highest BCUT2D eigenvalue weighted by molar-refractivity contribution is 5.98. The number of aromatic nitrogens is 2. The van der Waals surface area contributed by atoms with Crippen LogP contribution in [0.1, 0.15) is 44.5 Å². The standard InChI is InChI=1S/C24H27N3O4/c1-24(2,3)17-8-6-15(7-9-17)23-25-22(26-31-23)16-12-21(28)27(14-16)19-13-18(29-4)10-11-20(19)30-5/h6-11,13,16H,12,14H2,1-5H3. The minimum atomic E-state index is -0.158. The molecule has 162 valence electrons. The molecule has 0 radical (unpaired) electrons. The normalized spacial score (nSPS) is 16.6. The molecular weight excluding hydrogens is 394 g/mol. The van der Waals surface area contributed by atoms with E-state index < -0.39 is 0 Å². The molecule has 0 saturated carbocycles. The van der Waals surface area contributed by atoms with Gasteiger partial charge in [0.1, 0.15) is 11.5 Å². The molecule has 0 N–H and O–H groups in total. The number of nitrogens with zero attached hydrogens (tertiary/aromatic N) is 3. The number of methoxy groups -OCH3 is 2. The maximum absolute atomic E-state index is 12.8. The number of amides is 1. The second kappa shape index (κ2) is 8.06. The quantitative estimate of drug-likeness (QED) is 0.600. The largest absolute Gasteiger partial charge is 0.497 e. The van der Waals surface area contributed by atoms with Crippen LogP contribution in [0.3, 0.4) is 0 Å². The van der Waals surface area contributed by atoms with Crippen molar-refractivity contribution in [3.8, 4) is 23.0 Å². The Labute approximate surface area is 182 Å². The lowest BCUT2D eigenvalue weighted by Gasteiger charge is -2.20. The van der Waals surface area contributed by atoms with Crippen LogP contribution >= 0.6 is 0 Å². The molecule has 7 heteroatoms. The number of hydrogen-bond donors (Lipinski definition) is 0. The van der Waals surface area contributed by atoms with Crippen molar-refractivity contribution in [3.63, 3.8) is 0 Å². The van der Waals surface area contributed by atoms with Crippen LogP contribution in [0, 0.1) is 0 Å². The number of rotatable bonds is 5. The maximum Gasteiger partial charge on any atom is 0.257 e. The Morgan fingerprint density at radius 3 is 2.45 bits per heavy atom. The number of benzene rings is 2. The number of ether oxygens (including phenoxy) is 2. The Kier molecular flexibility index (Phi) is 5.43. The Bertz CT molecular complexity index is 1080. The minimum Gasteiger partial charge on any atom is -0.497 e. The molecule has 1 aromatic heterocycles. The molecule has 1 atom stereocenters.